The highest BCUT2D eigenvalue weighted by Crippen LogP contribution is 2.31. The van der Waals surface area contributed by atoms with Crippen LogP contribution in [0.5, 0.6) is 0 Å². The second kappa shape index (κ2) is 5.05. The number of rotatable bonds is 3. The van der Waals surface area contributed by atoms with Gasteiger partial charge in [-0.1, -0.05) is 30.7 Å². The second-order valence-electron chi connectivity index (χ2n) is 4.15. The summed E-state index contributed by atoms with van der Waals surface area (Å²) in [5, 5.41) is 4.62. The largest absolute Gasteiger partial charge is 0.264 e. The Balaban J connectivity index is 2.61. The van der Waals surface area contributed by atoms with Gasteiger partial charge in [-0.15, -0.1) is 0 Å². The first-order chi connectivity index (χ1) is 8.17. The summed E-state index contributed by atoms with van der Waals surface area (Å²) in [5.41, 5.74) is 4.82. The topological polar surface area (TPSA) is 17.8 Å². The number of hydrogen-bond donors (Lipinski definition) is 0. The van der Waals surface area contributed by atoms with Crippen molar-refractivity contribution in [3.63, 3.8) is 0 Å². The molecule has 1 aromatic carbocycles. The van der Waals surface area contributed by atoms with Gasteiger partial charge in [-0.3, -0.25) is 4.68 Å². The molecule has 0 saturated carbocycles. The second-order valence-corrected chi connectivity index (χ2v) is 4.94. The van der Waals surface area contributed by atoms with Gasteiger partial charge in [-0.25, -0.2) is 0 Å². The third kappa shape index (κ3) is 2.29. The van der Waals surface area contributed by atoms with Gasteiger partial charge < -0.3 is 0 Å². The molecule has 0 bridgehead atoms. The van der Waals surface area contributed by atoms with Crippen LogP contribution in [-0.4, -0.2) is 9.78 Å². The Morgan fingerprint density at radius 3 is 2.65 bits per heavy atom. The third-order valence-corrected chi connectivity index (χ3v) is 3.72. The zero-order chi connectivity index (χ0) is 12.4. The molecule has 1 aromatic heterocycles. The van der Waals surface area contributed by atoms with Gasteiger partial charge in [0.25, 0.3) is 0 Å². The number of halogens is 1. The number of aryl methyl sites for hydroxylation is 3. The standard InChI is InChI=1S/C14H17BrN2/c1-4-12-13(15)14(17(5-2)16-12)11-8-6-7-10(3)9-11/h6-9H,4-5H2,1-3H3. The van der Waals surface area contributed by atoms with Crippen LogP contribution >= 0.6 is 15.9 Å². The van der Waals surface area contributed by atoms with E-state index in [4.69, 9.17) is 0 Å². The molecule has 2 aromatic rings. The minimum absolute atomic E-state index is 0.891. The first-order valence-electron chi connectivity index (χ1n) is 5.99. The fraction of sp³-hybridized carbons (Fsp3) is 0.357. The summed E-state index contributed by atoms with van der Waals surface area (Å²) in [4.78, 5) is 0. The maximum absolute atomic E-state index is 4.62. The summed E-state index contributed by atoms with van der Waals surface area (Å²) in [7, 11) is 0. The lowest BCUT2D eigenvalue weighted by molar-refractivity contribution is 0.655. The highest BCUT2D eigenvalue weighted by molar-refractivity contribution is 9.10. The molecule has 2 rings (SSSR count). The monoisotopic (exact) mass is 292 g/mol. The van der Waals surface area contributed by atoms with Gasteiger partial charge in [0.05, 0.1) is 15.9 Å². The Bertz CT molecular complexity index is 529. The molecule has 17 heavy (non-hydrogen) atoms. The first-order valence-corrected chi connectivity index (χ1v) is 6.78. The molecule has 0 aliphatic rings. The Morgan fingerprint density at radius 1 is 1.29 bits per heavy atom. The molecule has 0 unspecified atom stereocenters. The smallest absolute Gasteiger partial charge is 0.0827 e. The average Bonchev–Trinajstić information content (AvgIpc) is 2.65. The van der Waals surface area contributed by atoms with E-state index in [1.807, 2.05) is 0 Å². The van der Waals surface area contributed by atoms with Crippen LogP contribution < -0.4 is 0 Å². The molecule has 3 heteroatoms. The average molecular weight is 293 g/mol. The van der Waals surface area contributed by atoms with Crippen molar-refractivity contribution in [2.24, 2.45) is 0 Å². The predicted octanol–water partition coefficient (Wildman–Crippen LogP) is 4.20. The van der Waals surface area contributed by atoms with Gasteiger partial charge in [0.1, 0.15) is 0 Å². The van der Waals surface area contributed by atoms with Crippen molar-refractivity contribution in [3.05, 3.63) is 40.0 Å². The zero-order valence-corrected chi connectivity index (χ0v) is 12.1. The third-order valence-electron chi connectivity index (χ3n) is 2.89. The zero-order valence-electron chi connectivity index (χ0n) is 10.5. The maximum atomic E-state index is 4.62. The number of benzene rings is 1. The molecule has 0 saturated heterocycles. The molecule has 90 valence electrons. The molecule has 1 heterocycles. The SMILES string of the molecule is CCc1nn(CC)c(-c2cccc(C)c2)c1Br. The molecule has 0 spiro atoms. The quantitative estimate of drug-likeness (QED) is 0.829. The molecule has 0 radical (unpaired) electrons. The van der Waals surface area contributed by atoms with Crippen molar-refractivity contribution in [1.82, 2.24) is 9.78 Å². The summed E-state index contributed by atoms with van der Waals surface area (Å²) in [6, 6.07) is 8.55. The van der Waals surface area contributed by atoms with Crippen molar-refractivity contribution < 1.29 is 0 Å². The fourth-order valence-corrected chi connectivity index (χ4v) is 2.81. The lowest BCUT2D eigenvalue weighted by Gasteiger charge is -2.06. The van der Waals surface area contributed by atoms with E-state index in [1.54, 1.807) is 0 Å². The van der Waals surface area contributed by atoms with E-state index < -0.39 is 0 Å². The van der Waals surface area contributed by atoms with Gasteiger partial charge in [0, 0.05) is 12.1 Å². The van der Waals surface area contributed by atoms with Crippen LogP contribution in [-0.2, 0) is 13.0 Å². The van der Waals surface area contributed by atoms with Crippen molar-refractivity contribution in [2.45, 2.75) is 33.7 Å². The van der Waals surface area contributed by atoms with Crippen LogP contribution in [0.15, 0.2) is 28.7 Å². The van der Waals surface area contributed by atoms with Gasteiger partial charge >= 0.3 is 0 Å². The summed E-state index contributed by atoms with van der Waals surface area (Å²) in [5.74, 6) is 0. The Labute approximate surface area is 111 Å². The van der Waals surface area contributed by atoms with E-state index in [9.17, 15) is 0 Å². The van der Waals surface area contributed by atoms with E-state index >= 15 is 0 Å². The van der Waals surface area contributed by atoms with E-state index in [0.29, 0.717) is 0 Å². The number of aromatic nitrogens is 2. The normalized spacial score (nSPS) is 10.8. The molecule has 2 nitrogen and oxygen atoms in total. The molecule has 0 aliphatic heterocycles. The predicted molar refractivity (Wildman–Crippen MR) is 75.2 cm³/mol. The Hall–Kier alpha value is -1.09. The van der Waals surface area contributed by atoms with Crippen LogP contribution in [0.1, 0.15) is 25.1 Å². The summed E-state index contributed by atoms with van der Waals surface area (Å²) in [6.45, 7) is 7.26. The molecule has 0 aliphatic carbocycles. The van der Waals surface area contributed by atoms with Gasteiger partial charge in [-0.05, 0) is 42.3 Å². The highest BCUT2D eigenvalue weighted by atomic mass is 79.9. The molecule has 0 amide bonds. The molecule has 0 N–H and O–H groups in total. The lowest BCUT2D eigenvalue weighted by atomic mass is 10.1. The van der Waals surface area contributed by atoms with Crippen LogP contribution in [0.4, 0.5) is 0 Å². The highest BCUT2D eigenvalue weighted by Gasteiger charge is 2.15. The Kier molecular flexibility index (Phi) is 3.67. The van der Waals surface area contributed by atoms with E-state index in [2.05, 4.69) is 70.7 Å². The van der Waals surface area contributed by atoms with Crippen molar-refractivity contribution in [1.29, 1.82) is 0 Å². The molecular weight excluding hydrogens is 276 g/mol. The van der Waals surface area contributed by atoms with Crippen LogP contribution in [0.2, 0.25) is 0 Å². The summed E-state index contributed by atoms with van der Waals surface area (Å²) >= 11 is 3.68. The molecular formula is C14H17BrN2. The Morgan fingerprint density at radius 2 is 2.06 bits per heavy atom. The van der Waals surface area contributed by atoms with Crippen LogP contribution in [0.25, 0.3) is 11.3 Å². The minimum Gasteiger partial charge on any atom is -0.264 e. The van der Waals surface area contributed by atoms with Crippen molar-refractivity contribution in [3.8, 4) is 11.3 Å². The molecule has 0 fully saturated rings. The van der Waals surface area contributed by atoms with Gasteiger partial charge in [0.2, 0.25) is 0 Å². The number of nitrogens with zero attached hydrogens (tertiary/aromatic N) is 2. The minimum atomic E-state index is 0.891. The van der Waals surface area contributed by atoms with E-state index in [0.717, 1.165) is 23.1 Å². The van der Waals surface area contributed by atoms with Crippen molar-refractivity contribution >= 4 is 15.9 Å². The summed E-state index contributed by atoms with van der Waals surface area (Å²) in [6.07, 6.45) is 0.951. The van der Waals surface area contributed by atoms with Crippen LogP contribution in [0.3, 0.4) is 0 Å². The van der Waals surface area contributed by atoms with E-state index in [-0.39, 0.29) is 0 Å². The lowest BCUT2D eigenvalue weighted by Crippen LogP contribution is -1.99. The number of hydrogen-bond acceptors (Lipinski definition) is 1. The van der Waals surface area contributed by atoms with E-state index in [1.165, 1.54) is 16.8 Å². The van der Waals surface area contributed by atoms with Gasteiger partial charge in [0.15, 0.2) is 0 Å². The van der Waals surface area contributed by atoms with Crippen molar-refractivity contribution in [2.75, 3.05) is 0 Å². The van der Waals surface area contributed by atoms with Crippen LogP contribution in [0, 0.1) is 6.92 Å². The summed E-state index contributed by atoms with van der Waals surface area (Å²) < 4.78 is 3.20. The van der Waals surface area contributed by atoms with Gasteiger partial charge in [-0.2, -0.15) is 5.10 Å². The maximum Gasteiger partial charge on any atom is 0.0827 e. The molecule has 0 atom stereocenters. The fourth-order valence-electron chi connectivity index (χ4n) is 2.01. The first kappa shape index (κ1) is 12.4.